The molecule has 1 aromatic carbocycles. The average molecular weight is 313 g/mol. The van der Waals surface area contributed by atoms with Gasteiger partial charge in [-0.05, 0) is 23.8 Å². The molecule has 0 saturated carbocycles. The monoisotopic (exact) mass is 312 g/mol. The molecule has 0 aromatic heterocycles. The van der Waals surface area contributed by atoms with Gasteiger partial charge in [-0.25, -0.2) is 0 Å². The Morgan fingerprint density at radius 3 is 2.60 bits per heavy atom. The minimum Gasteiger partial charge on any atom is -0.300 e. The van der Waals surface area contributed by atoms with Crippen molar-refractivity contribution in [3.05, 3.63) is 34.9 Å². The third-order valence-electron chi connectivity index (χ3n) is 3.34. The van der Waals surface area contributed by atoms with Crippen molar-refractivity contribution >= 4 is 29.1 Å². The lowest BCUT2D eigenvalue weighted by Crippen LogP contribution is -2.05. The Hall–Kier alpha value is -0.470. The summed E-state index contributed by atoms with van der Waals surface area (Å²) in [4.78, 5) is 12.1. The van der Waals surface area contributed by atoms with Crippen LogP contribution < -0.4 is 0 Å². The number of rotatable bonds is 10. The molecule has 1 aromatic rings. The molecule has 1 nitrogen and oxygen atoms in total. The summed E-state index contributed by atoms with van der Waals surface area (Å²) in [5.74, 6) is 1.37. The second-order valence-electron chi connectivity index (χ2n) is 5.02. The second kappa shape index (κ2) is 10.3. The van der Waals surface area contributed by atoms with Crippen molar-refractivity contribution in [2.75, 3.05) is 5.75 Å². The number of unbranched alkanes of at least 4 members (excludes halogenated alkanes) is 3. The van der Waals surface area contributed by atoms with Crippen molar-refractivity contribution in [2.45, 2.75) is 57.6 Å². The van der Waals surface area contributed by atoms with Gasteiger partial charge in [-0.3, -0.25) is 4.79 Å². The first-order chi connectivity index (χ1) is 9.69. The Bertz CT molecular complexity index is 406. The third-order valence-corrected chi connectivity index (χ3v) is 4.84. The van der Waals surface area contributed by atoms with Gasteiger partial charge >= 0.3 is 0 Å². The Morgan fingerprint density at radius 2 is 1.95 bits per heavy atom. The number of carbonyl (C=O) groups is 1. The van der Waals surface area contributed by atoms with Gasteiger partial charge in [-0.1, -0.05) is 62.9 Å². The molecule has 0 heterocycles. The third kappa shape index (κ3) is 6.32. The lowest BCUT2D eigenvalue weighted by atomic mass is 10.0. The number of Topliss-reactive ketones (excluding diaryl/α,β-unsaturated/α-hetero) is 1. The predicted octanol–water partition coefficient (Wildman–Crippen LogP) is 6.06. The lowest BCUT2D eigenvalue weighted by Gasteiger charge is -2.17. The molecule has 0 bridgehead atoms. The van der Waals surface area contributed by atoms with Crippen LogP contribution in [0.4, 0.5) is 0 Å². The molecule has 0 fully saturated rings. The highest BCUT2D eigenvalue weighted by Gasteiger charge is 2.17. The summed E-state index contributed by atoms with van der Waals surface area (Å²) < 4.78 is 0. The van der Waals surface area contributed by atoms with Crippen molar-refractivity contribution < 1.29 is 4.79 Å². The van der Waals surface area contributed by atoms with Crippen LogP contribution in [0, 0.1) is 0 Å². The van der Waals surface area contributed by atoms with Gasteiger partial charge in [0, 0.05) is 23.1 Å². The van der Waals surface area contributed by atoms with Crippen molar-refractivity contribution in [1.82, 2.24) is 0 Å². The van der Waals surface area contributed by atoms with Crippen molar-refractivity contribution in [1.29, 1.82) is 0 Å². The molecule has 1 unspecified atom stereocenters. The number of ketones is 1. The number of halogens is 1. The summed E-state index contributed by atoms with van der Waals surface area (Å²) in [5.41, 5.74) is 1.10. The lowest BCUT2D eigenvalue weighted by molar-refractivity contribution is -0.119. The zero-order valence-corrected chi connectivity index (χ0v) is 14.1. The first-order valence-electron chi connectivity index (χ1n) is 7.56. The molecular formula is C17H25ClOS. The minimum atomic E-state index is 0.201. The number of benzene rings is 1. The molecule has 3 heteroatoms. The van der Waals surface area contributed by atoms with Crippen LogP contribution in [0.1, 0.15) is 63.2 Å². The largest absolute Gasteiger partial charge is 0.300 e. The van der Waals surface area contributed by atoms with Crippen LogP contribution in [0.15, 0.2) is 24.3 Å². The molecule has 0 aliphatic carbocycles. The van der Waals surface area contributed by atoms with E-state index in [1.807, 2.05) is 36.0 Å². The van der Waals surface area contributed by atoms with Gasteiger partial charge in [0.2, 0.25) is 0 Å². The number of hydrogen-bond donors (Lipinski definition) is 0. The van der Waals surface area contributed by atoms with E-state index in [0.717, 1.165) is 22.8 Å². The summed E-state index contributed by atoms with van der Waals surface area (Å²) in [6, 6.07) is 7.88. The number of thioether (sulfide) groups is 1. The number of hydrogen-bond acceptors (Lipinski definition) is 2. The van der Waals surface area contributed by atoms with Gasteiger partial charge in [0.1, 0.15) is 5.78 Å². The highest BCUT2D eigenvalue weighted by molar-refractivity contribution is 7.99. The smallest absolute Gasteiger partial charge is 0.134 e. The van der Waals surface area contributed by atoms with E-state index in [9.17, 15) is 4.79 Å². The summed E-state index contributed by atoms with van der Waals surface area (Å²) in [6.45, 7) is 4.31. The zero-order valence-electron chi connectivity index (χ0n) is 12.5. The van der Waals surface area contributed by atoms with E-state index in [1.54, 1.807) is 0 Å². The molecule has 0 N–H and O–H groups in total. The van der Waals surface area contributed by atoms with Crippen LogP contribution in [-0.4, -0.2) is 11.5 Å². The van der Waals surface area contributed by atoms with Crippen LogP contribution in [0.3, 0.4) is 0 Å². The Morgan fingerprint density at radius 1 is 1.20 bits per heavy atom. The average Bonchev–Trinajstić information content (AvgIpc) is 2.44. The summed E-state index contributed by atoms with van der Waals surface area (Å²) in [5, 5.41) is 0.976. The van der Waals surface area contributed by atoms with Gasteiger partial charge in [0.25, 0.3) is 0 Å². The van der Waals surface area contributed by atoms with Crippen LogP contribution in [-0.2, 0) is 4.79 Å². The standard InChI is InChI=1S/C17H25ClOS/c1-3-5-6-7-10-14(19)13-17(20-4-2)15-11-8-9-12-16(15)18/h8-9,11-12,17H,3-7,10,13H2,1-2H3. The summed E-state index contributed by atoms with van der Waals surface area (Å²) >= 11 is 8.07. The minimum absolute atomic E-state index is 0.201. The van der Waals surface area contributed by atoms with Crippen molar-refractivity contribution in [3.8, 4) is 0 Å². The maximum absolute atomic E-state index is 12.1. The normalized spacial score (nSPS) is 12.3. The Labute approximate surface area is 132 Å². The highest BCUT2D eigenvalue weighted by Crippen LogP contribution is 2.36. The Balaban J connectivity index is 2.55. The maximum atomic E-state index is 12.1. The fourth-order valence-electron chi connectivity index (χ4n) is 2.25. The molecule has 112 valence electrons. The molecule has 0 aliphatic heterocycles. The summed E-state index contributed by atoms with van der Waals surface area (Å²) in [6.07, 6.45) is 5.95. The highest BCUT2D eigenvalue weighted by atomic mass is 35.5. The van der Waals surface area contributed by atoms with Crippen LogP contribution in [0.5, 0.6) is 0 Å². The van der Waals surface area contributed by atoms with E-state index in [2.05, 4.69) is 13.8 Å². The van der Waals surface area contributed by atoms with Gasteiger partial charge in [-0.15, -0.1) is 0 Å². The van der Waals surface area contributed by atoms with E-state index in [0.29, 0.717) is 18.6 Å². The van der Waals surface area contributed by atoms with Gasteiger partial charge in [0.15, 0.2) is 0 Å². The van der Waals surface area contributed by atoms with Gasteiger partial charge < -0.3 is 0 Å². The van der Waals surface area contributed by atoms with E-state index in [1.165, 1.54) is 19.3 Å². The zero-order chi connectivity index (χ0) is 14.8. The molecule has 0 amide bonds. The predicted molar refractivity (Wildman–Crippen MR) is 90.7 cm³/mol. The van der Waals surface area contributed by atoms with Gasteiger partial charge in [-0.2, -0.15) is 11.8 Å². The fourth-order valence-corrected chi connectivity index (χ4v) is 3.68. The quantitative estimate of drug-likeness (QED) is 0.488. The molecule has 0 saturated heterocycles. The molecule has 0 aliphatic rings. The molecule has 1 atom stereocenters. The molecular weight excluding hydrogens is 288 g/mol. The summed E-state index contributed by atoms with van der Waals surface area (Å²) in [7, 11) is 0. The first-order valence-corrected chi connectivity index (χ1v) is 8.99. The molecule has 20 heavy (non-hydrogen) atoms. The topological polar surface area (TPSA) is 17.1 Å². The number of carbonyl (C=O) groups excluding carboxylic acids is 1. The van der Waals surface area contributed by atoms with Crippen molar-refractivity contribution in [2.24, 2.45) is 0 Å². The van der Waals surface area contributed by atoms with Gasteiger partial charge in [0.05, 0.1) is 0 Å². The fraction of sp³-hybridized carbons (Fsp3) is 0.588. The van der Waals surface area contributed by atoms with Crippen LogP contribution in [0.2, 0.25) is 5.02 Å². The first kappa shape index (κ1) is 17.6. The Kier molecular flexibility index (Phi) is 9.04. The molecule has 1 rings (SSSR count). The van der Waals surface area contributed by atoms with E-state index >= 15 is 0 Å². The van der Waals surface area contributed by atoms with E-state index in [4.69, 9.17) is 11.6 Å². The van der Waals surface area contributed by atoms with E-state index in [-0.39, 0.29) is 5.25 Å². The maximum Gasteiger partial charge on any atom is 0.134 e. The molecule has 0 spiro atoms. The van der Waals surface area contributed by atoms with E-state index < -0.39 is 0 Å². The van der Waals surface area contributed by atoms with Crippen molar-refractivity contribution in [3.63, 3.8) is 0 Å². The molecule has 0 radical (unpaired) electrons. The second-order valence-corrected chi connectivity index (χ2v) is 6.91. The van der Waals surface area contributed by atoms with Crippen LogP contribution in [0.25, 0.3) is 0 Å². The van der Waals surface area contributed by atoms with Crippen LogP contribution >= 0.6 is 23.4 Å². The SMILES string of the molecule is CCCCCCC(=O)CC(SCC)c1ccccc1Cl.